The van der Waals surface area contributed by atoms with Crippen molar-refractivity contribution in [2.24, 2.45) is 0 Å². The third-order valence-corrected chi connectivity index (χ3v) is 2.63. The fraction of sp³-hybridized carbons (Fsp3) is 0.231. The molecular formula is C13H14N2O2. The number of anilines is 1. The van der Waals surface area contributed by atoms with E-state index < -0.39 is 5.97 Å². The number of esters is 1. The molecule has 17 heavy (non-hydrogen) atoms. The molecule has 1 heterocycles. The fourth-order valence-corrected chi connectivity index (χ4v) is 1.75. The van der Waals surface area contributed by atoms with Gasteiger partial charge in [-0.15, -0.1) is 0 Å². The molecule has 0 fully saturated rings. The van der Waals surface area contributed by atoms with Crippen molar-refractivity contribution >= 4 is 22.6 Å². The van der Waals surface area contributed by atoms with Crippen LogP contribution in [0.15, 0.2) is 24.3 Å². The van der Waals surface area contributed by atoms with Gasteiger partial charge in [-0.25, -0.2) is 9.78 Å². The van der Waals surface area contributed by atoms with Gasteiger partial charge in [0.2, 0.25) is 0 Å². The van der Waals surface area contributed by atoms with Crippen LogP contribution in [0.4, 0.5) is 5.69 Å². The Bertz CT molecular complexity index is 579. The number of hydrogen-bond donors (Lipinski definition) is 1. The van der Waals surface area contributed by atoms with Crippen LogP contribution in [0.3, 0.4) is 0 Å². The zero-order valence-electron chi connectivity index (χ0n) is 10.1. The summed E-state index contributed by atoms with van der Waals surface area (Å²) < 4.78 is 4.69. The summed E-state index contributed by atoms with van der Waals surface area (Å²) in [4.78, 5) is 15.8. The predicted molar refractivity (Wildman–Crippen MR) is 67.4 cm³/mol. The lowest BCUT2D eigenvalue weighted by Gasteiger charge is -2.08. The van der Waals surface area contributed by atoms with Gasteiger partial charge in [0.1, 0.15) is 0 Å². The smallest absolute Gasteiger partial charge is 0.356 e. The van der Waals surface area contributed by atoms with Crippen LogP contribution in [0.1, 0.15) is 16.1 Å². The van der Waals surface area contributed by atoms with Crippen LogP contribution in [0.5, 0.6) is 0 Å². The van der Waals surface area contributed by atoms with Crippen LogP contribution < -0.4 is 5.32 Å². The second-order valence-electron chi connectivity index (χ2n) is 3.82. The molecule has 1 aromatic carbocycles. The van der Waals surface area contributed by atoms with Gasteiger partial charge in [-0.2, -0.15) is 0 Å². The summed E-state index contributed by atoms with van der Waals surface area (Å²) in [5.74, 6) is -0.426. The van der Waals surface area contributed by atoms with Gasteiger partial charge in [-0.1, -0.05) is 12.1 Å². The fourth-order valence-electron chi connectivity index (χ4n) is 1.75. The number of rotatable bonds is 2. The first-order chi connectivity index (χ1) is 8.15. The molecule has 0 aliphatic carbocycles. The number of carbonyl (C=O) groups is 1. The van der Waals surface area contributed by atoms with Crippen molar-refractivity contribution in [3.8, 4) is 0 Å². The maximum absolute atomic E-state index is 11.5. The van der Waals surface area contributed by atoms with Gasteiger partial charge in [0.25, 0.3) is 0 Å². The number of aromatic nitrogens is 1. The number of benzene rings is 1. The Kier molecular flexibility index (Phi) is 2.95. The van der Waals surface area contributed by atoms with Crippen LogP contribution in [-0.4, -0.2) is 25.1 Å². The molecule has 0 aliphatic heterocycles. The summed E-state index contributed by atoms with van der Waals surface area (Å²) in [7, 11) is 3.17. The van der Waals surface area contributed by atoms with E-state index in [2.05, 4.69) is 15.0 Å². The molecule has 88 valence electrons. The quantitative estimate of drug-likeness (QED) is 0.805. The number of aryl methyl sites for hydroxylation is 1. The molecule has 0 atom stereocenters. The highest BCUT2D eigenvalue weighted by atomic mass is 16.5. The number of hydrogen-bond acceptors (Lipinski definition) is 4. The first kappa shape index (κ1) is 11.4. The van der Waals surface area contributed by atoms with Crippen molar-refractivity contribution in [2.45, 2.75) is 6.92 Å². The average molecular weight is 230 g/mol. The Balaban J connectivity index is 2.71. The largest absolute Gasteiger partial charge is 0.464 e. The molecule has 0 saturated carbocycles. The van der Waals surface area contributed by atoms with Crippen LogP contribution >= 0.6 is 0 Å². The zero-order valence-corrected chi connectivity index (χ0v) is 10.1. The van der Waals surface area contributed by atoms with Gasteiger partial charge < -0.3 is 10.1 Å². The minimum atomic E-state index is -0.426. The molecule has 4 nitrogen and oxygen atoms in total. The Hall–Kier alpha value is -2.10. The molecule has 1 N–H and O–H groups in total. The standard InChI is InChI=1S/C13H14N2O2/c1-8-4-5-9-10(14-2)7-12(13(16)17-3)15-11(9)6-8/h4-7H,1-3H3,(H,14,15). The van der Waals surface area contributed by atoms with E-state index in [-0.39, 0.29) is 0 Å². The summed E-state index contributed by atoms with van der Waals surface area (Å²) in [6.07, 6.45) is 0. The van der Waals surface area contributed by atoms with E-state index in [0.29, 0.717) is 5.69 Å². The first-order valence-corrected chi connectivity index (χ1v) is 5.33. The Morgan fingerprint density at radius 2 is 2.12 bits per heavy atom. The highest BCUT2D eigenvalue weighted by Gasteiger charge is 2.11. The SMILES string of the molecule is CNc1cc(C(=O)OC)nc2cc(C)ccc12. The number of methoxy groups -OCH3 is 1. The van der Waals surface area contributed by atoms with Gasteiger partial charge in [0.15, 0.2) is 5.69 Å². The van der Waals surface area contributed by atoms with Crippen molar-refractivity contribution in [2.75, 3.05) is 19.5 Å². The number of nitrogens with one attached hydrogen (secondary N) is 1. The van der Waals surface area contributed by atoms with Crippen molar-refractivity contribution < 1.29 is 9.53 Å². The van der Waals surface area contributed by atoms with Crippen molar-refractivity contribution in [3.05, 3.63) is 35.5 Å². The van der Waals surface area contributed by atoms with Crippen molar-refractivity contribution in [1.29, 1.82) is 0 Å². The minimum Gasteiger partial charge on any atom is -0.464 e. The molecule has 0 amide bonds. The van der Waals surface area contributed by atoms with E-state index in [4.69, 9.17) is 0 Å². The summed E-state index contributed by atoms with van der Waals surface area (Å²) in [6, 6.07) is 7.65. The van der Waals surface area contributed by atoms with Crippen LogP contribution in [-0.2, 0) is 4.74 Å². The predicted octanol–water partition coefficient (Wildman–Crippen LogP) is 2.37. The summed E-state index contributed by atoms with van der Waals surface area (Å²) >= 11 is 0. The maximum Gasteiger partial charge on any atom is 0.356 e. The molecule has 1 aromatic heterocycles. The summed E-state index contributed by atoms with van der Waals surface area (Å²) in [5, 5.41) is 4.05. The van der Waals surface area contributed by atoms with E-state index >= 15 is 0 Å². The third-order valence-electron chi connectivity index (χ3n) is 2.63. The van der Waals surface area contributed by atoms with E-state index in [1.165, 1.54) is 7.11 Å². The first-order valence-electron chi connectivity index (χ1n) is 5.33. The second kappa shape index (κ2) is 4.41. The van der Waals surface area contributed by atoms with Gasteiger partial charge in [0, 0.05) is 18.1 Å². The molecule has 0 unspecified atom stereocenters. The number of pyridine rings is 1. The summed E-state index contributed by atoms with van der Waals surface area (Å²) in [5.41, 5.74) is 3.08. The third kappa shape index (κ3) is 2.06. The van der Waals surface area contributed by atoms with E-state index in [1.54, 1.807) is 6.07 Å². The molecule has 2 aromatic rings. The molecule has 0 aliphatic rings. The molecule has 4 heteroatoms. The lowest BCUT2D eigenvalue weighted by atomic mass is 10.1. The highest BCUT2D eigenvalue weighted by Crippen LogP contribution is 2.24. The lowest BCUT2D eigenvalue weighted by molar-refractivity contribution is 0.0594. The van der Waals surface area contributed by atoms with E-state index in [1.807, 2.05) is 32.2 Å². The van der Waals surface area contributed by atoms with Crippen molar-refractivity contribution in [1.82, 2.24) is 4.98 Å². The maximum atomic E-state index is 11.5. The monoisotopic (exact) mass is 230 g/mol. The molecule has 0 spiro atoms. The average Bonchev–Trinajstić information content (AvgIpc) is 2.35. The highest BCUT2D eigenvalue weighted by molar-refractivity contribution is 5.97. The summed E-state index contributed by atoms with van der Waals surface area (Å²) in [6.45, 7) is 1.99. The molecule has 0 radical (unpaired) electrons. The topological polar surface area (TPSA) is 51.2 Å². The van der Waals surface area contributed by atoms with E-state index in [0.717, 1.165) is 22.2 Å². The molecule has 0 bridgehead atoms. The van der Waals surface area contributed by atoms with Gasteiger partial charge >= 0.3 is 5.97 Å². The minimum absolute atomic E-state index is 0.315. The van der Waals surface area contributed by atoms with E-state index in [9.17, 15) is 4.79 Å². The van der Waals surface area contributed by atoms with Gasteiger partial charge in [-0.3, -0.25) is 0 Å². The Morgan fingerprint density at radius 1 is 1.35 bits per heavy atom. The van der Waals surface area contributed by atoms with Gasteiger partial charge in [-0.05, 0) is 24.6 Å². The number of carbonyl (C=O) groups excluding carboxylic acids is 1. The van der Waals surface area contributed by atoms with Crippen LogP contribution in [0.2, 0.25) is 0 Å². The van der Waals surface area contributed by atoms with Crippen LogP contribution in [0.25, 0.3) is 10.9 Å². The Labute approximate surface area is 99.6 Å². The molecule has 0 saturated heterocycles. The normalized spacial score (nSPS) is 10.3. The number of nitrogens with zero attached hydrogens (tertiary/aromatic N) is 1. The second-order valence-corrected chi connectivity index (χ2v) is 3.82. The molecular weight excluding hydrogens is 216 g/mol. The lowest BCUT2D eigenvalue weighted by Crippen LogP contribution is -2.06. The number of fused-ring (bicyclic) bond motifs is 1. The van der Waals surface area contributed by atoms with Crippen LogP contribution in [0, 0.1) is 6.92 Å². The Morgan fingerprint density at radius 3 is 2.76 bits per heavy atom. The van der Waals surface area contributed by atoms with Crippen molar-refractivity contribution in [3.63, 3.8) is 0 Å². The molecule has 2 rings (SSSR count). The van der Waals surface area contributed by atoms with Gasteiger partial charge in [0.05, 0.1) is 12.6 Å². The number of ether oxygens (including phenoxy) is 1. The zero-order chi connectivity index (χ0) is 12.4.